The molecule has 0 spiro atoms. The molecule has 0 saturated heterocycles. The van der Waals surface area contributed by atoms with Crippen molar-refractivity contribution in [1.82, 2.24) is 0 Å². The van der Waals surface area contributed by atoms with E-state index in [1.807, 2.05) is 0 Å². The van der Waals surface area contributed by atoms with E-state index < -0.39 is 5.60 Å². The summed E-state index contributed by atoms with van der Waals surface area (Å²) >= 11 is 0. The molecule has 0 aliphatic rings. The first-order chi connectivity index (χ1) is 7.29. The zero-order valence-electron chi connectivity index (χ0n) is 9.83. The van der Waals surface area contributed by atoms with E-state index in [0.29, 0.717) is 5.75 Å². The summed E-state index contributed by atoms with van der Waals surface area (Å²) in [4.78, 5) is 0. The third-order valence-corrected chi connectivity index (χ3v) is 2.05. The second-order valence-electron chi connectivity index (χ2n) is 4.57. The quantitative estimate of drug-likeness (QED) is 0.827. The lowest BCUT2D eigenvalue weighted by Gasteiger charge is -2.20. The first kappa shape index (κ1) is 12.9. The summed E-state index contributed by atoms with van der Waals surface area (Å²) in [6.45, 7) is 5.13. The molecule has 3 N–H and O–H groups in total. The van der Waals surface area contributed by atoms with E-state index in [1.54, 1.807) is 26.8 Å². The Kier molecular flexibility index (Phi) is 3.88. The standard InChI is InChI=1S/C12H18FNO2/c1-8(14)10-5-4-9(13)6-11(10)16-7-12(2,3)15/h4-6,8,15H,7,14H2,1-3H3. The largest absolute Gasteiger partial charge is 0.490 e. The van der Waals surface area contributed by atoms with Gasteiger partial charge < -0.3 is 15.6 Å². The highest BCUT2D eigenvalue weighted by molar-refractivity contribution is 5.36. The summed E-state index contributed by atoms with van der Waals surface area (Å²) < 4.78 is 18.4. The predicted molar refractivity (Wildman–Crippen MR) is 60.8 cm³/mol. The smallest absolute Gasteiger partial charge is 0.127 e. The minimum absolute atomic E-state index is 0.0934. The van der Waals surface area contributed by atoms with Crippen molar-refractivity contribution in [3.05, 3.63) is 29.6 Å². The number of halogens is 1. The lowest BCUT2D eigenvalue weighted by Crippen LogP contribution is -2.28. The average molecular weight is 227 g/mol. The topological polar surface area (TPSA) is 55.5 Å². The summed E-state index contributed by atoms with van der Waals surface area (Å²) in [6.07, 6.45) is 0. The van der Waals surface area contributed by atoms with Gasteiger partial charge in [-0.25, -0.2) is 4.39 Å². The van der Waals surface area contributed by atoms with Gasteiger partial charge in [0.25, 0.3) is 0 Å². The molecule has 1 aromatic carbocycles. The van der Waals surface area contributed by atoms with Crippen LogP contribution in [0.25, 0.3) is 0 Å². The highest BCUT2D eigenvalue weighted by Gasteiger charge is 2.16. The Morgan fingerprint density at radius 1 is 1.50 bits per heavy atom. The summed E-state index contributed by atoms with van der Waals surface area (Å²) in [5.41, 5.74) is 5.51. The van der Waals surface area contributed by atoms with Crippen LogP contribution in [0.15, 0.2) is 18.2 Å². The predicted octanol–water partition coefficient (Wildman–Crippen LogP) is 2.00. The molecule has 90 valence electrons. The van der Waals surface area contributed by atoms with Crippen LogP contribution < -0.4 is 10.5 Å². The molecular weight excluding hydrogens is 209 g/mol. The Hall–Kier alpha value is -1.13. The molecule has 0 aliphatic heterocycles. The van der Waals surface area contributed by atoms with Crippen molar-refractivity contribution in [2.24, 2.45) is 5.73 Å². The van der Waals surface area contributed by atoms with E-state index in [-0.39, 0.29) is 18.5 Å². The molecule has 3 nitrogen and oxygen atoms in total. The zero-order chi connectivity index (χ0) is 12.3. The fourth-order valence-electron chi connectivity index (χ4n) is 1.26. The van der Waals surface area contributed by atoms with Crippen LogP contribution in [0.2, 0.25) is 0 Å². The fourth-order valence-corrected chi connectivity index (χ4v) is 1.26. The molecule has 0 fully saturated rings. The van der Waals surface area contributed by atoms with Crippen LogP contribution in [-0.2, 0) is 0 Å². The number of benzene rings is 1. The lowest BCUT2D eigenvalue weighted by molar-refractivity contribution is 0.0279. The van der Waals surface area contributed by atoms with Crippen LogP contribution in [0, 0.1) is 5.82 Å². The van der Waals surface area contributed by atoms with Crippen molar-refractivity contribution >= 4 is 0 Å². The summed E-state index contributed by atoms with van der Waals surface area (Å²) in [7, 11) is 0. The summed E-state index contributed by atoms with van der Waals surface area (Å²) in [6, 6.07) is 3.98. The van der Waals surface area contributed by atoms with Crippen molar-refractivity contribution in [2.75, 3.05) is 6.61 Å². The summed E-state index contributed by atoms with van der Waals surface area (Å²) in [5, 5.41) is 9.53. The number of rotatable bonds is 4. The molecular formula is C12H18FNO2. The molecule has 0 bridgehead atoms. The van der Waals surface area contributed by atoms with Gasteiger partial charge in [0, 0.05) is 17.7 Å². The van der Waals surface area contributed by atoms with Gasteiger partial charge in [0.1, 0.15) is 18.2 Å². The molecule has 1 atom stereocenters. The number of hydrogen-bond donors (Lipinski definition) is 2. The van der Waals surface area contributed by atoms with Crippen LogP contribution in [0.4, 0.5) is 4.39 Å². The van der Waals surface area contributed by atoms with Gasteiger partial charge in [-0.3, -0.25) is 0 Å². The molecule has 0 aromatic heterocycles. The number of aliphatic hydroxyl groups is 1. The van der Waals surface area contributed by atoms with Gasteiger partial charge in [-0.2, -0.15) is 0 Å². The molecule has 16 heavy (non-hydrogen) atoms. The van der Waals surface area contributed by atoms with E-state index >= 15 is 0 Å². The molecule has 1 unspecified atom stereocenters. The second-order valence-corrected chi connectivity index (χ2v) is 4.57. The van der Waals surface area contributed by atoms with Gasteiger partial charge in [-0.1, -0.05) is 6.07 Å². The van der Waals surface area contributed by atoms with Crippen molar-refractivity contribution < 1.29 is 14.2 Å². The third-order valence-electron chi connectivity index (χ3n) is 2.05. The number of ether oxygens (including phenoxy) is 1. The Bertz CT molecular complexity index is 359. The minimum atomic E-state index is -0.957. The maximum absolute atomic E-state index is 13.0. The van der Waals surface area contributed by atoms with Crippen LogP contribution in [0.5, 0.6) is 5.75 Å². The third kappa shape index (κ3) is 3.79. The Labute approximate surface area is 95.0 Å². The first-order valence-electron chi connectivity index (χ1n) is 5.20. The van der Waals surface area contributed by atoms with Crippen LogP contribution >= 0.6 is 0 Å². The van der Waals surface area contributed by atoms with Gasteiger partial charge in [-0.05, 0) is 26.8 Å². The molecule has 1 rings (SSSR count). The molecule has 0 aliphatic carbocycles. The minimum Gasteiger partial charge on any atom is -0.490 e. The van der Waals surface area contributed by atoms with E-state index in [1.165, 1.54) is 12.1 Å². The molecule has 0 radical (unpaired) electrons. The van der Waals surface area contributed by atoms with Crippen molar-refractivity contribution in [2.45, 2.75) is 32.4 Å². The molecule has 0 amide bonds. The maximum atomic E-state index is 13.0. The molecule has 0 saturated carbocycles. The van der Waals surface area contributed by atoms with E-state index in [9.17, 15) is 9.50 Å². The van der Waals surface area contributed by atoms with Crippen LogP contribution in [-0.4, -0.2) is 17.3 Å². The van der Waals surface area contributed by atoms with Crippen LogP contribution in [0.1, 0.15) is 32.4 Å². The Balaban J connectivity index is 2.88. The van der Waals surface area contributed by atoms with Gasteiger partial charge in [-0.15, -0.1) is 0 Å². The summed E-state index contributed by atoms with van der Waals surface area (Å²) in [5.74, 6) is 0.00673. The number of hydrogen-bond acceptors (Lipinski definition) is 3. The zero-order valence-corrected chi connectivity index (χ0v) is 9.83. The monoisotopic (exact) mass is 227 g/mol. The van der Waals surface area contributed by atoms with Gasteiger partial charge in [0.15, 0.2) is 0 Å². The van der Waals surface area contributed by atoms with Gasteiger partial charge in [0.05, 0.1) is 5.60 Å². The van der Waals surface area contributed by atoms with E-state index in [4.69, 9.17) is 10.5 Å². The van der Waals surface area contributed by atoms with Crippen molar-refractivity contribution in [3.63, 3.8) is 0 Å². The SMILES string of the molecule is CC(N)c1ccc(F)cc1OCC(C)(C)O. The van der Waals surface area contributed by atoms with Gasteiger partial charge >= 0.3 is 0 Å². The highest BCUT2D eigenvalue weighted by Crippen LogP contribution is 2.25. The highest BCUT2D eigenvalue weighted by atomic mass is 19.1. The van der Waals surface area contributed by atoms with Crippen molar-refractivity contribution in [3.8, 4) is 5.75 Å². The molecule has 0 heterocycles. The molecule has 1 aromatic rings. The van der Waals surface area contributed by atoms with Gasteiger partial charge in [0.2, 0.25) is 0 Å². The lowest BCUT2D eigenvalue weighted by atomic mass is 10.1. The number of nitrogens with two attached hydrogens (primary N) is 1. The van der Waals surface area contributed by atoms with Crippen LogP contribution in [0.3, 0.4) is 0 Å². The average Bonchev–Trinajstić information content (AvgIpc) is 2.13. The van der Waals surface area contributed by atoms with E-state index in [2.05, 4.69) is 0 Å². The van der Waals surface area contributed by atoms with Crippen molar-refractivity contribution in [1.29, 1.82) is 0 Å². The first-order valence-corrected chi connectivity index (χ1v) is 5.20. The fraction of sp³-hybridized carbons (Fsp3) is 0.500. The molecule has 4 heteroatoms. The Morgan fingerprint density at radius 3 is 2.62 bits per heavy atom. The van der Waals surface area contributed by atoms with E-state index in [0.717, 1.165) is 5.56 Å². The maximum Gasteiger partial charge on any atom is 0.127 e. The second kappa shape index (κ2) is 4.80. The Morgan fingerprint density at radius 2 is 2.12 bits per heavy atom. The normalized spacial score (nSPS) is 13.6.